The van der Waals surface area contributed by atoms with Crippen molar-refractivity contribution in [3.05, 3.63) is 70.0 Å². The highest BCUT2D eigenvalue weighted by Gasteiger charge is 2.23. The lowest BCUT2D eigenvalue weighted by atomic mass is 9.90. The average molecular weight is 384 g/mol. The number of aromatic nitrogens is 3. The number of fused-ring (bicyclic) bond motifs is 1. The summed E-state index contributed by atoms with van der Waals surface area (Å²) in [5.41, 5.74) is 3.66. The Morgan fingerprint density at radius 3 is 2.83 bits per heavy atom. The molecule has 24 heavy (non-hydrogen) atoms. The van der Waals surface area contributed by atoms with Gasteiger partial charge in [-0.15, -0.1) is 0 Å². The van der Waals surface area contributed by atoms with Gasteiger partial charge in [0.15, 0.2) is 5.82 Å². The number of aryl methyl sites for hydroxylation is 1. The fraction of sp³-hybridized carbons (Fsp3) is 0.263. The summed E-state index contributed by atoms with van der Waals surface area (Å²) in [7, 11) is 1.96. The van der Waals surface area contributed by atoms with E-state index in [1.807, 2.05) is 36.0 Å². The number of hydrogen-bond donors (Lipinski definition) is 0. The number of hydrogen-bond acceptors (Lipinski definition) is 3. The molecule has 0 spiro atoms. The Morgan fingerprint density at radius 1 is 1.17 bits per heavy atom. The van der Waals surface area contributed by atoms with Gasteiger partial charge in [0.2, 0.25) is 0 Å². The van der Waals surface area contributed by atoms with Crippen molar-refractivity contribution in [1.29, 1.82) is 0 Å². The van der Waals surface area contributed by atoms with Crippen molar-refractivity contribution in [3.63, 3.8) is 0 Å². The molecule has 4 rings (SSSR count). The fourth-order valence-electron chi connectivity index (χ4n) is 3.21. The first-order valence-electron chi connectivity index (χ1n) is 8.02. The van der Waals surface area contributed by atoms with Gasteiger partial charge in [0.1, 0.15) is 5.82 Å². The van der Waals surface area contributed by atoms with E-state index in [0.29, 0.717) is 12.5 Å². The van der Waals surface area contributed by atoms with Crippen molar-refractivity contribution >= 4 is 15.9 Å². The van der Waals surface area contributed by atoms with E-state index in [4.69, 9.17) is 9.72 Å². The minimum Gasteiger partial charge on any atom is -0.376 e. The van der Waals surface area contributed by atoms with E-state index in [2.05, 4.69) is 45.3 Å². The zero-order valence-electron chi connectivity index (χ0n) is 13.4. The van der Waals surface area contributed by atoms with Crippen LogP contribution in [0.2, 0.25) is 0 Å². The average Bonchev–Trinajstić information content (AvgIpc) is 2.96. The largest absolute Gasteiger partial charge is 0.376 e. The van der Waals surface area contributed by atoms with E-state index < -0.39 is 0 Å². The Kier molecular flexibility index (Phi) is 4.21. The van der Waals surface area contributed by atoms with Crippen LogP contribution in [0.5, 0.6) is 0 Å². The van der Waals surface area contributed by atoms with Crippen LogP contribution >= 0.6 is 15.9 Å². The van der Waals surface area contributed by atoms with Gasteiger partial charge in [-0.1, -0.05) is 52.3 Å². The maximum atomic E-state index is 5.77. The summed E-state index contributed by atoms with van der Waals surface area (Å²) < 4.78 is 8.66. The van der Waals surface area contributed by atoms with Crippen LogP contribution in [-0.2, 0) is 24.8 Å². The molecule has 0 saturated carbocycles. The lowest BCUT2D eigenvalue weighted by molar-refractivity contribution is 0.0902. The molecule has 0 saturated heterocycles. The van der Waals surface area contributed by atoms with E-state index >= 15 is 0 Å². The standard InChI is InChI=1S/C19H18BrN3O/c1-23-18(21-19(22-23)16-8-4-5-9-17(16)20)10-14-12-24-11-13-6-2-3-7-15(13)14/h2-9,14H,10-12H2,1H3. The molecule has 2 aromatic carbocycles. The van der Waals surface area contributed by atoms with E-state index in [0.717, 1.165) is 34.7 Å². The molecule has 122 valence electrons. The Bertz CT molecular complexity index is 875. The second kappa shape index (κ2) is 6.49. The molecule has 2 heterocycles. The predicted octanol–water partition coefficient (Wildman–Crippen LogP) is 4.10. The molecule has 4 nitrogen and oxygen atoms in total. The molecule has 0 fully saturated rings. The molecular formula is C19H18BrN3O. The van der Waals surface area contributed by atoms with Crippen LogP contribution in [0.4, 0.5) is 0 Å². The molecule has 1 unspecified atom stereocenters. The van der Waals surface area contributed by atoms with Crippen LogP contribution in [0.1, 0.15) is 22.9 Å². The molecule has 1 aliphatic rings. The van der Waals surface area contributed by atoms with Gasteiger partial charge in [-0.3, -0.25) is 4.68 Å². The van der Waals surface area contributed by atoms with Gasteiger partial charge >= 0.3 is 0 Å². The summed E-state index contributed by atoms with van der Waals surface area (Å²) in [5, 5.41) is 4.60. The maximum Gasteiger partial charge on any atom is 0.182 e. The molecule has 1 atom stereocenters. The predicted molar refractivity (Wildman–Crippen MR) is 96.7 cm³/mol. The Hall–Kier alpha value is -1.98. The molecule has 0 N–H and O–H groups in total. The van der Waals surface area contributed by atoms with Gasteiger partial charge in [0, 0.05) is 29.4 Å². The molecule has 0 bridgehead atoms. The Morgan fingerprint density at radius 2 is 1.96 bits per heavy atom. The van der Waals surface area contributed by atoms with Crippen molar-refractivity contribution < 1.29 is 4.74 Å². The summed E-state index contributed by atoms with van der Waals surface area (Å²) in [4.78, 5) is 4.77. The normalized spacial score (nSPS) is 16.8. The monoisotopic (exact) mass is 383 g/mol. The minimum absolute atomic E-state index is 0.324. The first-order chi connectivity index (χ1) is 11.7. The van der Waals surface area contributed by atoms with Gasteiger partial charge in [-0.25, -0.2) is 4.98 Å². The third-order valence-electron chi connectivity index (χ3n) is 4.47. The lowest BCUT2D eigenvalue weighted by Gasteiger charge is -2.25. The zero-order chi connectivity index (χ0) is 16.5. The SMILES string of the molecule is Cn1nc(-c2ccccc2Br)nc1CC1COCc2ccccc21. The summed E-state index contributed by atoms with van der Waals surface area (Å²) in [6.07, 6.45) is 0.824. The topological polar surface area (TPSA) is 39.9 Å². The summed E-state index contributed by atoms with van der Waals surface area (Å²) in [6.45, 7) is 1.43. The van der Waals surface area contributed by atoms with E-state index in [9.17, 15) is 0 Å². The zero-order valence-corrected chi connectivity index (χ0v) is 15.0. The number of halogens is 1. The number of benzene rings is 2. The first-order valence-corrected chi connectivity index (χ1v) is 8.82. The first kappa shape index (κ1) is 15.5. The molecule has 0 aliphatic carbocycles. The Labute approximate surface area is 149 Å². The molecule has 5 heteroatoms. The minimum atomic E-state index is 0.324. The summed E-state index contributed by atoms with van der Waals surface area (Å²) in [5.74, 6) is 2.06. The molecule has 0 amide bonds. The molecule has 1 aliphatic heterocycles. The van der Waals surface area contributed by atoms with Crippen molar-refractivity contribution in [2.45, 2.75) is 18.9 Å². The van der Waals surface area contributed by atoms with Gasteiger partial charge < -0.3 is 4.74 Å². The van der Waals surface area contributed by atoms with E-state index in [1.165, 1.54) is 11.1 Å². The number of rotatable bonds is 3. The lowest BCUT2D eigenvalue weighted by Crippen LogP contribution is -2.20. The van der Waals surface area contributed by atoms with Crippen molar-refractivity contribution in [3.8, 4) is 11.4 Å². The van der Waals surface area contributed by atoms with E-state index in [1.54, 1.807) is 0 Å². The highest BCUT2D eigenvalue weighted by Crippen LogP contribution is 2.30. The van der Waals surface area contributed by atoms with Crippen LogP contribution in [-0.4, -0.2) is 21.4 Å². The number of ether oxygens (including phenoxy) is 1. The summed E-state index contributed by atoms with van der Waals surface area (Å²) in [6, 6.07) is 16.5. The van der Waals surface area contributed by atoms with Gasteiger partial charge in [0.25, 0.3) is 0 Å². The molecular weight excluding hydrogens is 366 g/mol. The highest BCUT2D eigenvalue weighted by molar-refractivity contribution is 9.10. The Balaban J connectivity index is 1.64. The maximum absolute atomic E-state index is 5.77. The quantitative estimate of drug-likeness (QED) is 0.683. The highest BCUT2D eigenvalue weighted by atomic mass is 79.9. The van der Waals surface area contributed by atoms with Crippen molar-refractivity contribution in [1.82, 2.24) is 14.8 Å². The summed E-state index contributed by atoms with van der Waals surface area (Å²) >= 11 is 3.58. The van der Waals surface area contributed by atoms with Crippen LogP contribution in [0, 0.1) is 0 Å². The van der Waals surface area contributed by atoms with Gasteiger partial charge in [0.05, 0.1) is 13.2 Å². The number of nitrogens with zero attached hydrogens (tertiary/aromatic N) is 3. The third kappa shape index (κ3) is 2.89. The molecule has 3 aromatic rings. The van der Waals surface area contributed by atoms with Gasteiger partial charge in [-0.2, -0.15) is 5.10 Å². The second-order valence-corrected chi connectivity index (χ2v) is 6.92. The van der Waals surface area contributed by atoms with Crippen LogP contribution in [0.25, 0.3) is 11.4 Å². The molecule has 0 radical (unpaired) electrons. The van der Waals surface area contributed by atoms with E-state index in [-0.39, 0.29) is 0 Å². The van der Waals surface area contributed by atoms with Crippen LogP contribution in [0.15, 0.2) is 53.0 Å². The smallest absolute Gasteiger partial charge is 0.182 e. The van der Waals surface area contributed by atoms with Crippen LogP contribution in [0.3, 0.4) is 0 Å². The molecule has 1 aromatic heterocycles. The second-order valence-electron chi connectivity index (χ2n) is 6.07. The fourth-order valence-corrected chi connectivity index (χ4v) is 3.67. The van der Waals surface area contributed by atoms with Crippen LogP contribution < -0.4 is 0 Å². The van der Waals surface area contributed by atoms with Gasteiger partial charge in [-0.05, 0) is 23.3 Å². The third-order valence-corrected chi connectivity index (χ3v) is 5.16. The van der Waals surface area contributed by atoms with Crippen molar-refractivity contribution in [2.24, 2.45) is 7.05 Å². The van der Waals surface area contributed by atoms with Crippen molar-refractivity contribution in [2.75, 3.05) is 6.61 Å².